The first-order valence-corrected chi connectivity index (χ1v) is 11.9. The second kappa shape index (κ2) is 11.4. The minimum atomic E-state index is -0.889. The van der Waals surface area contributed by atoms with Gasteiger partial charge in [-0.15, -0.1) is 0 Å². The minimum Gasteiger partial charge on any atom is -0.444 e. The van der Waals surface area contributed by atoms with Gasteiger partial charge in [0.05, 0.1) is 0 Å². The predicted octanol–water partition coefficient (Wildman–Crippen LogP) is 1.49. The third-order valence-electron chi connectivity index (χ3n) is 5.77. The molecule has 0 aromatic rings. The number of hydrogen-bond donors (Lipinski definition) is 3. The topological polar surface area (TPSA) is 120 Å². The van der Waals surface area contributed by atoms with Crippen LogP contribution < -0.4 is 16.0 Å². The Morgan fingerprint density at radius 3 is 2.00 bits per heavy atom. The molecule has 1 fully saturated rings. The molecule has 1 heterocycles. The molecule has 4 atom stereocenters. The van der Waals surface area contributed by atoms with Crippen molar-refractivity contribution in [2.75, 3.05) is 20.6 Å². The Morgan fingerprint density at radius 1 is 1.00 bits per heavy atom. The summed E-state index contributed by atoms with van der Waals surface area (Å²) in [6.07, 6.45) is -0.140. The summed E-state index contributed by atoms with van der Waals surface area (Å²) >= 11 is 0. The van der Waals surface area contributed by atoms with Crippen LogP contribution in [-0.4, -0.2) is 90.1 Å². The van der Waals surface area contributed by atoms with Crippen molar-refractivity contribution >= 4 is 23.8 Å². The normalized spacial score (nSPS) is 20.5. The van der Waals surface area contributed by atoms with Gasteiger partial charge < -0.3 is 25.6 Å². The van der Waals surface area contributed by atoms with E-state index in [0.717, 1.165) is 0 Å². The number of ether oxygens (including phenoxy) is 1. The lowest BCUT2D eigenvalue weighted by atomic mass is 9.85. The molecule has 0 bridgehead atoms. The monoisotopic (exact) mass is 483 g/mol. The molecule has 10 heteroatoms. The standard InChI is InChI=1S/C24H45N5O5/c1-14(2)26-20(31)17-12-16(25-10)13-29(17)21(32)18(23(4,5)6)27-19(30)15(3)28(11)22(33)34-24(7,8)9/h14-18,25H,12-13H2,1-11H3,(H,26,31)(H,27,30)/t15-,16-,17-,18+/m0/s1. The Labute approximate surface area is 204 Å². The van der Waals surface area contributed by atoms with Crippen LogP contribution in [0, 0.1) is 5.41 Å². The fourth-order valence-electron chi connectivity index (χ4n) is 3.66. The van der Waals surface area contributed by atoms with E-state index in [1.165, 1.54) is 11.9 Å². The molecule has 1 saturated heterocycles. The Kier molecular flexibility index (Phi) is 9.93. The summed E-state index contributed by atoms with van der Waals surface area (Å²) in [4.78, 5) is 54.8. The molecule has 0 aliphatic carbocycles. The number of carbonyl (C=O) groups excluding carboxylic acids is 4. The molecule has 0 aromatic carbocycles. The van der Waals surface area contributed by atoms with Gasteiger partial charge in [-0.3, -0.25) is 19.3 Å². The smallest absolute Gasteiger partial charge is 0.410 e. The van der Waals surface area contributed by atoms with Crippen molar-refractivity contribution in [2.24, 2.45) is 5.41 Å². The molecular formula is C24H45N5O5. The number of amides is 4. The van der Waals surface area contributed by atoms with Gasteiger partial charge in [0.2, 0.25) is 17.7 Å². The van der Waals surface area contributed by atoms with Gasteiger partial charge in [0, 0.05) is 25.7 Å². The highest BCUT2D eigenvalue weighted by Gasteiger charge is 2.45. The zero-order valence-corrected chi connectivity index (χ0v) is 22.7. The molecule has 4 amide bonds. The third kappa shape index (κ3) is 8.14. The van der Waals surface area contributed by atoms with Crippen LogP contribution in [0.1, 0.15) is 68.7 Å². The van der Waals surface area contributed by atoms with Gasteiger partial charge >= 0.3 is 6.09 Å². The third-order valence-corrected chi connectivity index (χ3v) is 5.77. The van der Waals surface area contributed by atoms with E-state index in [-0.39, 0.29) is 23.9 Å². The van der Waals surface area contributed by atoms with Crippen molar-refractivity contribution in [3.05, 3.63) is 0 Å². The molecule has 0 aromatic heterocycles. The van der Waals surface area contributed by atoms with Crippen molar-refractivity contribution < 1.29 is 23.9 Å². The van der Waals surface area contributed by atoms with Crippen molar-refractivity contribution in [1.29, 1.82) is 0 Å². The highest BCUT2D eigenvalue weighted by molar-refractivity contribution is 5.94. The molecule has 1 aliphatic rings. The van der Waals surface area contributed by atoms with Crippen LogP contribution in [0.15, 0.2) is 0 Å². The highest BCUT2D eigenvalue weighted by Crippen LogP contribution is 2.26. The van der Waals surface area contributed by atoms with Gasteiger partial charge in [-0.25, -0.2) is 4.79 Å². The molecule has 1 aliphatic heterocycles. The summed E-state index contributed by atoms with van der Waals surface area (Å²) in [7, 11) is 3.28. The maximum atomic E-state index is 13.7. The van der Waals surface area contributed by atoms with Crippen LogP contribution in [0.4, 0.5) is 4.79 Å². The van der Waals surface area contributed by atoms with E-state index in [1.807, 2.05) is 34.6 Å². The van der Waals surface area contributed by atoms with Crippen molar-refractivity contribution in [1.82, 2.24) is 25.8 Å². The van der Waals surface area contributed by atoms with E-state index < -0.39 is 41.1 Å². The second-order valence-electron chi connectivity index (χ2n) is 11.5. The molecule has 0 unspecified atom stereocenters. The fourth-order valence-corrected chi connectivity index (χ4v) is 3.66. The lowest BCUT2D eigenvalue weighted by Gasteiger charge is -2.37. The van der Waals surface area contributed by atoms with Gasteiger partial charge in [-0.05, 0) is 60.4 Å². The van der Waals surface area contributed by atoms with E-state index in [4.69, 9.17) is 4.74 Å². The van der Waals surface area contributed by atoms with Crippen LogP contribution in [0.3, 0.4) is 0 Å². The number of likely N-dealkylation sites (N-methyl/N-ethyl adjacent to an activating group) is 2. The van der Waals surface area contributed by atoms with Crippen molar-refractivity contribution in [3.8, 4) is 0 Å². The van der Waals surface area contributed by atoms with Crippen molar-refractivity contribution in [2.45, 2.75) is 105 Å². The highest BCUT2D eigenvalue weighted by atomic mass is 16.6. The average Bonchev–Trinajstić information content (AvgIpc) is 3.12. The summed E-state index contributed by atoms with van der Waals surface area (Å²) in [6, 6.07) is -2.47. The van der Waals surface area contributed by atoms with E-state index in [0.29, 0.717) is 13.0 Å². The minimum absolute atomic E-state index is 0.0274. The molecule has 1 rings (SSSR count). The van der Waals surface area contributed by atoms with Gasteiger partial charge in [0.15, 0.2) is 0 Å². The maximum Gasteiger partial charge on any atom is 0.410 e. The molecule has 0 radical (unpaired) electrons. The molecule has 0 saturated carbocycles. The largest absolute Gasteiger partial charge is 0.444 e. The maximum absolute atomic E-state index is 13.7. The first kappa shape index (κ1) is 29.7. The van der Waals surface area contributed by atoms with Gasteiger partial charge in [0.1, 0.15) is 23.7 Å². The van der Waals surface area contributed by atoms with Crippen LogP contribution in [0.25, 0.3) is 0 Å². The van der Waals surface area contributed by atoms with Gasteiger partial charge in [0.25, 0.3) is 0 Å². The van der Waals surface area contributed by atoms with Crippen LogP contribution >= 0.6 is 0 Å². The number of nitrogens with zero attached hydrogens (tertiary/aromatic N) is 2. The fraction of sp³-hybridized carbons (Fsp3) is 0.833. The Morgan fingerprint density at radius 2 is 1.56 bits per heavy atom. The summed E-state index contributed by atoms with van der Waals surface area (Å²) in [5.41, 5.74) is -1.33. The molecule has 3 N–H and O–H groups in total. The van der Waals surface area contributed by atoms with Crippen LogP contribution in [0.2, 0.25) is 0 Å². The lowest BCUT2D eigenvalue weighted by Crippen LogP contribution is -2.60. The molecule has 10 nitrogen and oxygen atoms in total. The number of hydrogen-bond acceptors (Lipinski definition) is 6. The predicted molar refractivity (Wildman–Crippen MR) is 131 cm³/mol. The van der Waals surface area contributed by atoms with E-state index >= 15 is 0 Å². The summed E-state index contributed by atoms with van der Waals surface area (Å²) in [5.74, 6) is -1.01. The Balaban J connectivity index is 3.10. The molecule has 34 heavy (non-hydrogen) atoms. The first-order valence-electron chi connectivity index (χ1n) is 11.9. The molecule has 0 spiro atoms. The SMILES string of the molecule is CN[C@H]1C[C@@H](C(=O)NC(C)C)N(C(=O)[C@@H](NC(=O)[C@H](C)N(C)C(=O)OC(C)(C)C)C(C)(C)C)C1. The van der Waals surface area contributed by atoms with E-state index in [1.54, 1.807) is 39.6 Å². The van der Waals surface area contributed by atoms with E-state index in [2.05, 4.69) is 16.0 Å². The number of likely N-dealkylation sites (tertiary alicyclic amines) is 1. The summed E-state index contributed by atoms with van der Waals surface area (Å²) in [6.45, 7) is 16.5. The Hall–Kier alpha value is -2.36. The van der Waals surface area contributed by atoms with Gasteiger partial charge in [-0.2, -0.15) is 0 Å². The summed E-state index contributed by atoms with van der Waals surface area (Å²) < 4.78 is 5.35. The number of nitrogens with one attached hydrogen (secondary N) is 3. The second-order valence-corrected chi connectivity index (χ2v) is 11.5. The number of rotatable bonds is 7. The quantitative estimate of drug-likeness (QED) is 0.505. The van der Waals surface area contributed by atoms with E-state index in [9.17, 15) is 19.2 Å². The summed E-state index contributed by atoms with van der Waals surface area (Å²) in [5, 5.41) is 8.87. The van der Waals surface area contributed by atoms with Crippen LogP contribution in [-0.2, 0) is 19.1 Å². The zero-order valence-electron chi connectivity index (χ0n) is 22.7. The zero-order chi connectivity index (χ0) is 26.6. The average molecular weight is 484 g/mol. The van der Waals surface area contributed by atoms with Crippen LogP contribution in [0.5, 0.6) is 0 Å². The first-order chi connectivity index (χ1) is 15.4. The lowest BCUT2D eigenvalue weighted by molar-refractivity contribution is -0.144. The molecular weight excluding hydrogens is 438 g/mol. The van der Waals surface area contributed by atoms with Crippen molar-refractivity contribution in [3.63, 3.8) is 0 Å². The Bertz CT molecular complexity index is 756. The van der Waals surface area contributed by atoms with Gasteiger partial charge in [-0.1, -0.05) is 20.8 Å². The molecule has 196 valence electrons. The number of carbonyl (C=O) groups is 4.